The lowest BCUT2D eigenvalue weighted by atomic mass is 9.96. The van der Waals surface area contributed by atoms with Crippen molar-refractivity contribution in [1.29, 1.82) is 0 Å². The third kappa shape index (κ3) is 7.01. The fourth-order valence-corrected chi connectivity index (χ4v) is 4.49. The number of nitrogens with one attached hydrogen (secondary N) is 3. The number of esters is 1. The summed E-state index contributed by atoms with van der Waals surface area (Å²) in [6.07, 6.45) is 4.85. The topological polar surface area (TPSA) is 131 Å². The maximum atomic E-state index is 13.1. The largest absolute Gasteiger partial charge is 0.452 e. The molecule has 0 atom stereocenters. The van der Waals surface area contributed by atoms with Crippen LogP contribution >= 0.6 is 0 Å². The number of halogens is 1. The van der Waals surface area contributed by atoms with Gasteiger partial charge in [-0.05, 0) is 49.2 Å². The van der Waals surface area contributed by atoms with Crippen molar-refractivity contribution in [3.05, 3.63) is 59.9 Å². The van der Waals surface area contributed by atoms with Gasteiger partial charge in [0.1, 0.15) is 5.82 Å². The lowest BCUT2D eigenvalue weighted by Crippen LogP contribution is -2.46. The van der Waals surface area contributed by atoms with Gasteiger partial charge in [0.2, 0.25) is 0 Å². The van der Waals surface area contributed by atoms with Gasteiger partial charge in [0.05, 0.1) is 16.1 Å². The predicted molar refractivity (Wildman–Crippen MR) is 117 cm³/mol. The number of hydrogen-bond acceptors (Lipinski definition) is 6. The van der Waals surface area contributed by atoms with Crippen molar-refractivity contribution < 1.29 is 31.9 Å². The highest BCUT2D eigenvalue weighted by atomic mass is 32.2. The van der Waals surface area contributed by atoms with E-state index in [1.165, 1.54) is 24.3 Å². The molecule has 0 radical (unpaired) electrons. The van der Waals surface area contributed by atoms with E-state index in [0.29, 0.717) is 0 Å². The summed E-state index contributed by atoms with van der Waals surface area (Å²) in [7, 11) is -4.10. The van der Waals surface area contributed by atoms with Crippen LogP contribution in [0.1, 0.15) is 42.5 Å². The monoisotopic (exact) mass is 477 g/mol. The minimum Gasteiger partial charge on any atom is -0.452 e. The normalized spacial score (nSPS) is 14.2. The number of carbonyl (C=O) groups excluding carboxylic acids is 3. The Morgan fingerprint density at radius 1 is 0.970 bits per heavy atom. The average Bonchev–Trinajstić information content (AvgIpc) is 2.78. The smallest absolute Gasteiger partial charge is 0.340 e. The van der Waals surface area contributed by atoms with Gasteiger partial charge in [-0.25, -0.2) is 22.4 Å². The van der Waals surface area contributed by atoms with Crippen LogP contribution in [-0.2, 0) is 19.6 Å². The minimum absolute atomic E-state index is 0.00936. The molecule has 0 spiro atoms. The molecule has 0 saturated heterocycles. The summed E-state index contributed by atoms with van der Waals surface area (Å²) in [5, 5.41) is 4.82. The molecule has 2 aromatic carbocycles. The molecule has 33 heavy (non-hydrogen) atoms. The molecule has 3 amide bonds. The summed E-state index contributed by atoms with van der Waals surface area (Å²) in [4.78, 5) is 36.1. The van der Waals surface area contributed by atoms with Crippen LogP contribution in [0.3, 0.4) is 0 Å². The van der Waals surface area contributed by atoms with E-state index >= 15 is 0 Å². The van der Waals surface area contributed by atoms with E-state index in [0.717, 1.165) is 56.4 Å². The molecule has 1 fully saturated rings. The molecule has 3 rings (SSSR count). The van der Waals surface area contributed by atoms with Gasteiger partial charge in [0.15, 0.2) is 6.61 Å². The predicted octanol–water partition coefficient (Wildman–Crippen LogP) is 2.94. The fourth-order valence-electron chi connectivity index (χ4n) is 3.41. The van der Waals surface area contributed by atoms with Gasteiger partial charge in [0, 0.05) is 6.04 Å². The van der Waals surface area contributed by atoms with E-state index in [-0.39, 0.29) is 22.2 Å². The maximum absolute atomic E-state index is 13.1. The van der Waals surface area contributed by atoms with Crippen LogP contribution in [0.15, 0.2) is 53.4 Å². The molecule has 0 aromatic heterocycles. The molecule has 3 N–H and O–H groups in total. The van der Waals surface area contributed by atoms with Crippen LogP contribution in [0, 0.1) is 5.82 Å². The molecule has 1 aliphatic carbocycles. The fraction of sp³-hybridized carbons (Fsp3) is 0.318. The quantitative estimate of drug-likeness (QED) is 0.526. The Labute approximate surface area is 190 Å². The number of urea groups is 1. The lowest BCUT2D eigenvalue weighted by molar-refractivity contribution is -0.123. The zero-order chi connectivity index (χ0) is 23.8. The summed E-state index contributed by atoms with van der Waals surface area (Å²) in [6.45, 7) is -0.726. The second-order valence-corrected chi connectivity index (χ2v) is 9.22. The van der Waals surface area contributed by atoms with Gasteiger partial charge in [-0.3, -0.25) is 14.8 Å². The Kier molecular flexibility index (Phi) is 7.99. The number of rotatable bonds is 7. The Bertz CT molecular complexity index is 1120. The van der Waals surface area contributed by atoms with E-state index in [4.69, 9.17) is 4.74 Å². The van der Waals surface area contributed by atoms with Crippen LogP contribution < -0.4 is 15.4 Å². The number of benzene rings is 2. The highest BCUT2D eigenvalue weighted by Gasteiger charge is 2.21. The number of amides is 3. The average molecular weight is 478 g/mol. The van der Waals surface area contributed by atoms with E-state index in [1.807, 2.05) is 0 Å². The van der Waals surface area contributed by atoms with Gasteiger partial charge in [-0.1, -0.05) is 31.4 Å². The van der Waals surface area contributed by atoms with Crippen LogP contribution in [0.25, 0.3) is 0 Å². The van der Waals surface area contributed by atoms with Gasteiger partial charge in [-0.15, -0.1) is 0 Å². The number of imide groups is 1. The van der Waals surface area contributed by atoms with E-state index < -0.39 is 40.4 Å². The lowest BCUT2D eigenvalue weighted by Gasteiger charge is -2.22. The molecule has 1 aliphatic rings. The summed E-state index contributed by atoms with van der Waals surface area (Å²) < 4.78 is 45.4. The Balaban J connectivity index is 1.57. The highest BCUT2D eigenvalue weighted by molar-refractivity contribution is 7.92. The van der Waals surface area contributed by atoms with Crippen molar-refractivity contribution in [3.63, 3.8) is 0 Å². The number of sulfonamides is 1. The van der Waals surface area contributed by atoms with Crippen LogP contribution in [-0.4, -0.2) is 39.0 Å². The first-order chi connectivity index (χ1) is 15.7. The van der Waals surface area contributed by atoms with Crippen LogP contribution in [0.2, 0.25) is 0 Å². The molecule has 9 nitrogen and oxygen atoms in total. The standard InChI is InChI=1S/C22H24FN3O6S/c23-15-10-12-17(13-11-15)33(30,31)26-19-9-5-4-8-18(19)21(28)32-14-20(27)25-22(29)24-16-6-2-1-3-7-16/h4-5,8-13,16,26H,1-3,6-7,14H2,(H2,24,25,27,29). The van der Waals surface area contributed by atoms with Crippen molar-refractivity contribution in [2.24, 2.45) is 0 Å². The number of ether oxygens (including phenoxy) is 1. The summed E-state index contributed by atoms with van der Waals surface area (Å²) >= 11 is 0. The zero-order valence-electron chi connectivity index (χ0n) is 17.7. The Morgan fingerprint density at radius 2 is 1.64 bits per heavy atom. The number of anilines is 1. The molecule has 0 unspecified atom stereocenters. The second-order valence-electron chi connectivity index (χ2n) is 7.54. The molecule has 2 aromatic rings. The van der Waals surface area contributed by atoms with Crippen molar-refractivity contribution in [1.82, 2.24) is 10.6 Å². The van der Waals surface area contributed by atoms with Crippen LogP contribution in [0.4, 0.5) is 14.9 Å². The minimum atomic E-state index is -4.10. The van der Waals surface area contributed by atoms with E-state index in [9.17, 15) is 27.2 Å². The first kappa shape index (κ1) is 24.2. The van der Waals surface area contributed by atoms with Crippen LogP contribution in [0.5, 0.6) is 0 Å². The van der Waals surface area contributed by atoms with Crippen molar-refractivity contribution >= 4 is 33.6 Å². The molecule has 0 aliphatic heterocycles. The molecule has 0 heterocycles. The molecule has 0 bridgehead atoms. The van der Waals surface area contributed by atoms with Crippen molar-refractivity contribution in [3.8, 4) is 0 Å². The highest BCUT2D eigenvalue weighted by Crippen LogP contribution is 2.21. The first-order valence-electron chi connectivity index (χ1n) is 10.4. The first-order valence-corrected chi connectivity index (χ1v) is 11.9. The summed E-state index contributed by atoms with van der Waals surface area (Å²) in [5.41, 5.74) is -0.218. The number of hydrogen-bond donors (Lipinski definition) is 3. The molecular formula is C22H24FN3O6S. The third-order valence-electron chi connectivity index (χ3n) is 5.04. The molecule has 11 heteroatoms. The molecule has 176 valence electrons. The molecule has 1 saturated carbocycles. The summed E-state index contributed by atoms with van der Waals surface area (Å²) in [5.74, 6) is -2.38. The zero-order valence-corrected chi connectivity index (χ0v) is 18.5. The summed E-state index contributed by atoms with van der Waals surface area (Å²) in [6, 6.07) is 9.17. The van der Waals surface area contributed by atoms with Gasteiger partial charge in [-0.2, -0.15) is 0 Å². The SMILES string of the molecule is O=C(COC(=O)c1ccccc1NS(=O)(=O)c1ccc(F)cc1)NC(=O)NC1CCCCC1. The van der Waals surface area contributed by atoms with Gasteiger partial charge >= 0.3 is 12.0 Å². The molecular weight excluding hydrogens is 453 g/mol. The maximum Gasteiger partial charge on any atom is 0.340 e. The number of para-hydroxylation sites is 1. The Morgan fingerprint density at radius 3 is 2.33 bits per heavy atom. The Hall–Kier alpha value is -3.47. The van der Waals surface area contributed by atoms with Gasteiger partial charge < -0.3 is 10.1 Å². The third-order valence-corrected chi connectivity index (χ3v) is 6.42. The van der Waals surface area contributed by atoms with Crippen molar-refractivity contribution in [2.45, 2.75) is 43.0 Å². The number of carbonyl (C=O) groups is 3. The van der Waals surface area contributed by atoms with E-state index in [2.05, 4.69) is 15.4 Å². The van der Waals surface area contributed by atoms with Gasteiger partial charge in [0.25, 0.3) is 15.9 Å². The van der Waals surface area contributed by atoms with E-state index in [1.54, 1.807) is 0 Å². The van der Waals surface area contributed by atoms with Crippen molar-refractivity contribution in [2.75, 3.05) is 11.3 Å². The second kappa shape index (κ2) is 10.9.